The molecule has 0 aromatic heterocycles. The molecule has 0 bridgehead atoms. The van der Waals surface area contributed by atoms with Gasteiger partial charge in [0.2, 0.25) is 0 Å². The summed E-state index contributed by atoms with van der Waals surface area (Å²) in [6, 6.07) is 0. The van der Waals surface area contributed by atoms with Gasteiger partial charge in [0.25, 0.3) is 0 Å². The minimum atomic E-state index is -1.18. The van der Waals surface area contributed by atoms with Crippen LogP contribution in [0.15, 0.2) is 10.4 Å². The second-order valence-corrected chi connectivity index (χ2v) is 28.5. The normalized spacial score (nSPS) is 21.1. The standard InChI is InChI=1S/C14H33OPSi3/c1-11-15-12-13(17(2,3)4)16(12)14(18(5,6)7)19(8,9)10/h14H,11H2,1-10H3. The molecule has 0 radical (unpaired) electrons. The molecule has 0 N–H and O–H groups in total. The van der Waals surface area contributed by atoms with Crippen molar-refractivity contribution in [2.75, 3.05) is 6.61 Å². The van der Waals surface area contributed by atoms with Crippen molar-refractivity contribution in [3.05, 3.63) is 10.4 Å². The molecule has 1 rings (SSSR count). The molecule has 0 saturated heterocycles. The quantitative estimate of drug-likeness (QED) is 0.448. The van der Waals surface area contributed by atoms with E-state index in [1.165, 1.54) is 5.50 Å². The third-order valence-corrected chi connectivity index (χ3v) is 24.5. The molecule has 0 spiro atoms. The van der Waals surface area contributed by atoms with Gasteiger partial charge in [0.1, 0.15) is 5.50 Å². The summed E-state index contributed by atoms with van der Waals surface area (Å²) in [7, 11) is -3.44. The molecule has 1 aliphatic heterocycles. The second kappa shape index (κ2) is 5.43. The third kappa shape index (κ3) is 4.05. The van der Waals surface area contributed by atoms with Crippen LogP contribution in [0.5, 0.6) is 0 Å². The summed E-state index contributed by atoms with van der Waals surface area (Å²) in [4.78, 5) is 2.82. The lowest BCUT2D eigenvalue weighted by Gasteiger charge is -2.39. The zero-order valence-electron chi connectivity index (χ0n) is 14.6. The first-order valence-corrected chi connectivity index (χ1v) is 19.5. The maximum absolute atomic E-state index is 6.06. The van der Waals surface area contributed by atoms with Crippen LogP contribution in [-0.4, -0.2) is 35.7 Å². The fourth-order valence-corrected chi connectivity index (χ4v) is 29.1. The molecule has 0 aromatic rings. The Morgan fingerprint density at radius 2 is 1.32 bits per heavy atom. The summed E-state index contributed by atoms with van der Waals surface area (Å²) in [6.45, 7) is 25.9. The van der Waals surface area contributed by atoms with E-state index in [1.807, 2.05) is 4.94 Å². The molecule has 1 atom stereocenters. The summed E-state index contributed by atoms with van der Waals surface area (Å²) >= 11 is 0. The van der Waals surface area contributed by atoms with E-state index in [-0.39, 0.29) is 7.92 Å². The van der Waals surface area contributed by atoms with Crippen LogP contribution < -0.4 is 0 Å². The van der Waals surface area contributed by atoms with Gasteiger partial charge in [-0.15, -0.1) is 0 Å². The lowest BCUT2D eigenvalue weighted by molar-refractivity contribution is 0.262. The molecular formula is C14H33OPSi3. The van der Waals surface area contributed by atoms with Crippen LogP contribution in [0.3, 0.4) is 0 Å². The molecule has 112 valence electrons. The molecule has 0 aromatic carbocycles. The molecule has 0 aliphatic carbocycles. The molecule has 19 heavy (non-hydrogen) atoms. The van der Waals surface area contributed by atoms with Gasteiger partial charge in [-0.1, -0.05) is 58.9 Å². The maximum Gasteiger partial charge on any atom is 0.121 e. The molecular weight excluding hydrogens is 299 g/mol. The Bertz CT molecular complexity index is 358. The maximum atomic E-state index is 6.06. The topological polar surface area (TPSA) is 9.23 Å². The zero-order valence-corrected chi connectivity index (χ0v) is 18.5. The van der Waals surface area contributed by atoms with Gasteiger partial charge < -0.3 is 4.74 Å². The Hall–Kier alpha value is 0.621. The number of rotatable bonds is 6. The average molecular weight is 333 g/mol. The Labute approximate surface area is 125 Å². The van der Waals surface area contributed by atoms with Crippen LogP contribution in [0.25, 0.3) is 0 Å². The predicted molar refractivity (Wildman–Crippen MR) is 99.4 cm³/mol. The highest BCUT2D eigenvalue weighted by Crippen LogP contribution is 2.77. The summed E-state index contributed by atoms with van der Waals surface area (Å²) in [5, 5.41) is 0. The van der Waals surface area contributed by atoms with Gasteiger partial charge in [0, 0.05) is 0 Å². The highest BCUT2D eigenvalue weighted by Gasteiger charge is 2.56. The highest BCUT2D eigenvalue weighted by molar-refractivity contribution is 7.82. The van der Waals surface area contributed by atoms with E-state index in [1.54, 1.807) is 0 Å². The van der Waals surface area contributed by atoms with Crippen LogP contribution in [0.2, 0.25) is 58.9 Å². The van der Waals surface area contributed by atoms with Crippen LogP contribution in [0.1, 0.15) is 6.92 Å². The van der Waals surface area contributed by atoms with Crippen molar-refractivity contribution in [3.8, 4) is 0 Å². The summed E-state index contributed by atoms with van der Waals surface area (Å²) < 4.78 is 6.06. The SMILES string of the molecule is CCOC1=C([Si](C)(C)C)P1C([Si](C)(C)C)[Si](C)(C)C. The molecule has 1 aliphatic rings. The van der Waals surface area contributed by atoms with E-state index in [0.29, 0.717) is 0 Å². The Morgan fingerprint density at radius 3 is 1.58 bits per heavy atom. The van der Waals surface area contributed by atoms with E-state index in [0.717, 1.165) is 11.5 Å². The van der Waals surface area contributed by atoms with Gasteiger partial charge in [-0.2, -0.15) is 0 Å². The molecule has 1 unspecified atom stereocenters. The zero-order chi connectivity index (χ0) is 15.2. The molecule has 0 fully saturated rings. The van der Waals surface area contributed by atoms with Crippen molar-refractivity contribution < 1.29 is 4.74 Å². The molecule has 5 heteroatoms. The van der Waals surface area contributed by atoms with E-state index in [4.69, 9.17) is 4.74 Å². The first-order valence-electron chi connectivity index (χ1n) is 7.48. The van der Waals surface area contributed by atoms with Crippen molar-refractivity contribution in [1.82, 2.24) is 0 Å². The lowest BCUT2D eigenvalue weighted by Crippen LogP contribution is -2.51. The fourth-order valence-electron chi connectivity index (χ4n) is 3.44. The van der Waals surface area contributed by atoms with Crippen molar-refractivity contribution in [2.45, 2.75) is 70.8 Å². The van der Waals surface area contributed by atoms with Crippen molar-refractivity contribution in [2.24, 2.45) is 0 Å². The monoisotopic (exact) mass is 332 g/mol. The highest BCUT2D eigenvalue weighted by atomic mass is 31.1. The summed E-state index contributed by atoms with van der Waals surface area (Å²) in [6.07, 6.45) is 0. The first kappa shape index (κ1) is 17.7. The Balaban J connectivity index is 3.09. The van der Waals surface area contributed by atoms with Crippen LogP contribution in [0, 0.1) is 0 Å². The van der Waals surface area contributed by atoms with Crippen molar-refractivity contribution in [1.29, 1.82) is 0 Å². The average Bonchev–Trinajstić information content (AvgIpc) is 2.72. The van der Waals surface area contributed by atoms with E-state index in [9.17, 15) is 0 Å². The molecule has 0 saturated carbocycles. The van der Waals surface area contributed by atoms with Gasteiger partial charge in [-0.05, 0) is 24.7 Å². The van der Waals surface area contributed by atoms with Crippen LogP contribution in [0.4, 0.5) is 0 Å². The smallest absolute Gasteiger partial charge is 0.121 e. The van der Waals surface area contributed by atoms with Gasteiger partial charge in [0.15, 0.2) is 0 Å². The molecule has 0 amide bonds. The minimum Gasteiger partial charge on any atom is -0.493 e. The molecule has 1 nitrogen and oxygen atoms in total. The largest absolute Gasteiger partial charge is 0.493 e. The van der Waals surface area contributed by atoms with Crippen LogP contribution >= 0.6 is 7.92 Å². The summed E-state index contributed by atoms with van der Waals surface area (Å²) in [5.74, 6) is 0. The van der Waals surface area contributed by atoms with Crippen LogP contribution in [-0.2, 0) is 4.74 Å². The van der Waals surface area contributed by atoms with E-state index in [2.05, 4.69) is 65.8 Å². The van der Waals surface area contributed by atoms with E-state index >= 15 is 0 Å². The third-order valence-electron chi connectivity index (χ3n) is 3.50. The second-order valence-electron chi connectivity index (χ2n) is 8.84. The molecule has 1 heterocycles. The van der Waals surface area contributed by atoms with E-state index < -0.39 is 24.2 Å². The number of ether oxygens (including phenoxy) is 1. The minimum absolute atomic E-state index is 0.0145. The number of hydrogen-bond acceptors (Lipinski definition) is 1. The number of hydrogen-bond donors (Lipinski definition) is 0. The van der Waals surface area contributed by atoms with Crippen molar-refractivity contribution >= 4 is 32.1 Å². The van der Waals surface area contributed by atoms with Crippen molar-refractivity contribution in [3.63, 3.8) is 0 Å². The fraction of sp³-hybridized carbons (Fsp3) is 0.857. The lowest BCUT2D eigenvalue weighted by atomic mass is 10.9. The van der Waals surface area contributed by atoms with Gasteiger partial charge >= 0.3 is 0 Å². The summed E-state index contributed by atoms with van der Waals surface area (Å²) in [5.41, 5.74) is 1.48. The Morgan fingerprint density at radius 1 is 0.895 bits per heavy atom. The Kier molecular flexibility index (Phi) is 5.05. The van der Waals surface area contributed by atoms with Gasteiger partial charge in [-0.3, -0.25) is 0 Å². The first-order chi connectivity index (χ1) is 8.31. The van der Waals surface area contributed by atoms with Gasteiger partial charge in [0.05, 0.1) is 30.8 Å². The predicted octanol–water partition coefficient (Wildman–Crippen LogP) is 5.69. The van der Waals surface area contributed by atoms with Gasteiger partial charge in [-0.25, -0.2) is 0 Å².